The van der Waals surface area contributed by atoms with Gasteiger partial charge in [-0.05, 0) is 6.92 Å². The Morgan fingerprint density at radius 2 is 1.82 bits per heavy atom. The smallest absolute Gasteiger partial charge is 0.315 e. The lowest BCUT2D eigenvalue weighted by Gasteiger charge is -2.09. The van der Waals surface area contributed by atoms with Crippen molar-refractivity contribution in [3.8, 4) is 0 Å². The monoisotopic (exact) mass is 160 g/mol. The number of ether oxygens (including phenoxy) is 1. The zero-order valence-corrected chi connectivity index (χ0v) is 7.27. The SMILES string of the molecule is COC(=O)C1(C)C(F)C1(C)C. The number of esters is 1. The Hall–Kier alpha value is -0.600. The van der Waals surface area contributed by atoms with Crippen LogP contribution in [0.5, 0.6) is 0 Å². The fraction of sp³-hybridized carbons (Fsp3) is 0.875. The molecular weight excluding hydrogens is 147 g/mol. The fourth-order valence-corrected chi connectivity index (χ4v) is 1.49. The molecule has 2 unspecified atom stereocenters. The second-order valence-corrected chi connectivity index (χ2v) is 3.78. The van der Waals surface area contributed by atoms with Crippen molar-refractivity contribution >= 4 is 5.97 Å². The Morgan fingerprint density at radius 1 is 1.45 bits per heavy atom. The number of halogens is 1. The van der Waals surface area contributed by atoms with Crippen LogP contribution >= 0.6 is 0 Å². The average Bonchev–Trinajstić information content (AvgIpc) is 2.34. The molecule has 0 aromatic carbocycles. The van der Waals surface area contributed by atoms with Crippen LogP contribution in [0.3, 0.4) is 0 Å². The summed E-state index contributed by atoms with van der Waals surface area (Å²) < 4.78 is 17.6. The summed E-state index contributed by atoms with van der Waals surface area (Å²) in [6, 6.07) is 0. The Kier molecular flexibility index (Phi) is 1.51. The van der Waals surface area contributed by atoms with Crippen LogP contribution in [0.1, 0.15) is 20.8 Å². The predicted octanol–water partition coefficient (Wildman–Crippen LogP) is 1.54. The van der Waals surface area contributed by atoms with Crippen molar-refractivity contribution in [3.05, 3.63) is 0 Å². The van der Waals surface area contributed by atoms with Crippen LogP contribution in [0.15, 0.2) is 0 Å². The first-order chi connectivity index (χ1) is 4.89. The Balaban J connectivity index is 2.82. The lowest BCUT2D eigenvalue weighted by Crippen LogP contribution is -2.19. The minimum Gasteiger partial charge on any atom is -0.468 e. The lowest BCUT2D eigenvalue weighted by molar-refractivity contribution is -0.148. The molecule has 0 bridgehead atoms. The third-order valence-corrected chi connectivity index (χ3v) is 3.01. The molecule has 0 aromatic heterocycles. The molecular formula is C8H13FO2. The van der Waals surface area contributed by atoms with Gasteiger partial charge < -0.3 is 4.74 Å². The molecule has 1 rings (SSSR count). The minimum absolute atomic E-state index is 0.449. The minimum atomic E-state index is -1.07. The summed E-state index contributed by atoms with van der Waals surface area (Å²) >= 11 is 0. The van der Waals surface area contributed by atoms with E-state index in [1.807, 2.05) is 0 Å². The Labute approximate surface area is 65.7 Å². The first-order valence-electron chi connectivity index (χ1n) is 3.61. The third kappa shape index (κ3) is 0.739. The van der Waals surface area contributed by atoms with E-state index in [-0.39, 0.29) is 0 Å². The highest BCUT2D eigenvalue weighted by atomic mass is 19.1. The zero-order chi connectivity index (χ0) is 8.86. The first-order valence-corrected chi connectivity index (χ1v) is 3.61. The number of hydrogen-bond donors (Lipinski definition) is 0. The van der Waals surface area contributed by atoms with Gasteiger partial charge in [-0.25, -0.2) is 4.39 Å². The number of rotatable bonds is 1. The maximum Gasteiger partial charge on any atom is 0.315 e. The highest BCUT2D eigenvalue weighted by molar-refractivity contribution is 5.82. The van der Waals surface area contributed by atoms with Gasteiger partial charge in [-0.3, -0.25) is 4.79 Å². The van der Waals surface area contributed by atoms with E-state index >= 15 is 0 Å². The molecule has 1 fully saturated rings. The number of methoxy groups -OCH3 is 1. The molecule has 11 heavy (non-hydrogen) atoms. The van der Waals surface area contributed by atoms with E-state index in [0.717, 1.165) is 0 Å². The van der Waals surface area contributed by atoms with Gasteiger partial charge in [0.05, 0.1) is 7.11 Å². The molecule has 0 aromatic rings. The summed E-state index contributed by atoms with van der Waals surface area (Å²) in [5, 5.41) is 0. The van der Waals surface area contributed by atoms with Gasteiger partial charge in [0.2, 0.25) is 0 Å². The van der Waals surface area contributed by atoms with Gasteiger partial charge >= 0.3 is 5.97 Å². The zero-order valence-electron chi connectivity index (χ0n) is 7.27. The Bertz CT molecular complexity index is 200. The first kappa shape index (κ1) is 8.50. The molecule has 2 atom stereocenters. The van der Waals surface area contributed by atoms with E-state index in [4.69, 9.17) is 0 Å². The largest absolute Gasteiger partial charge is 0.468 e. The molecule has 0 saturated heterocycles. The molecule has 0 amide bonds. The summed E-state index contributed by atoms with van der Waals surface area (Å²) in [4.78, 5) is 11.1. The van der Waals surface area contributed by atoms with Crippen LogP contribution < -0.4 is 0 Å². The Morgan fingerprint density at radius 3 is 1.91 bits per heavy atom. The van der Waals surface area contributed by atoms with Crippen LogP contribution in [-0.4, -0.2) is 19.3 Å². The van der Waals surface area contributed by atoms with Crippen molar-refractivity contribution in [1.82, 2.24) is 0 Å². The highest BCUT2D eigenvalue weighted by Gasteiger charge is 2.74. The summed E-state index contributed by atoms with van der Waals surface area (Å²) in [7, 11) is 1.29. The topological polar surface area (TPSA) is 26.3 Å². The van der Waals surface area contributed by atoms with E-state index in [1.165, 1.54) is 7.11 Å². The molecule has 0 spiro atoms. The lowest BCUT2D eigenvalue weighted by atomic mass is 9.99. The van der Waals surface area contributed by atoms with E-state index < -0.39 is 23.0 Å². The number of alkyl halides is 1. The van der Waals surface area contributed by atoms with E-state index in [0.29, 0.717) is 0 Å². The van der Waals surface area contributed by atoms with Gasteiger partial charge in [0.15, 0.2) is 0 Å². The molecule has 3 heteroatoms. The van der Waals surface area contributed by atoms with Crippen molar-refractivity contribution in [1.29, 1.82) is 0 Å². The number of hydrogen-bond acceptors (Lipinski definition) is 2. The van der Waals surface area contributed by atoms with Gasteiger partial charge in [0.25, 0.3) is 0 Å². The number of carbonyl (C=O) groups is 1. The second kappa shape index (κ2) is 1.96. The maximum atomic E-state index is 13.1. The van der Waals surface area contributed by atoms with Crippen molar-refractivity contribution in [2.45, 2.75) is 26.9 Å². The van der Waals surface area contributed by atoms with Gasteiger partial charge in [-0.2, -0.15) is 0 Å². The van der Waals surface area contributed by atoms with Crippen LogP contribution in [-0.2, 0) is 9.53 Å². The van der Waals surface area contributed by atoms with Crippen LogP contribution in [0, 0.1) is 10.8 Å². The van der Waals surface area contributed by atoms with E-state index in [9.17, 15) is 9.18 Å². The molecule has 0 heterocycles. The molecule has 0 N–H and O–H groups in total. The van der Waals surface area contributed by atoms with Gasteiger partial charge in [0.1, 0.15) is 11.6 Å². The summed E-state index contributed by atoms with van der Waals surface area (Å²) in [6.45, 7) is 5.06. The molecule has 1 aliphatic carbocycles. The quantitative estimate of drug-likeness (QED) is 0.544. The fourth-order valence-electron chi connectivity index (χ4n) is 1.49. The van der Waals surface area contributed by atoms with Crippen LogP contribution in [0.2, 0.25) is 0 Å². The van der Waals surface area contributed by atoms with Gasteiger partial charge in [-0.15, -0.1) is 0 Å². The molecule has 2 nitrogen and oxygen atoms in total. The predicted molar refractivity (Wildman–Crippen MR) is 38.8 cm³/mol. The molecule has 0 aliphatic heterocycles. The standard InChI is InChI=1S/C8H13FO2/c1-7(2)5(9)8(7,3)6(10)11-4/h5H,1-4H3. The van der Waals surface area contributed by atoms with Crippen molar-refractivity contribution in [3.63, 3.8) is 0 Å². The van der Waals surface area contributed by atoms with Crippen molar-refractivity contribution < 1.29 is 13.9 Å². The molecule has 1 saturated carbocycles. The van der Waals surface area contributed by atoms with Gasteiger partial charge in [-0.1, -0.05) is 13.8 Å². The normalized spacial score (nSPS) is 39.9. The molecule has 64 valence electrons. The summed E-state index contributed by atoms with van der Waals surface area (Å²) in [6.07, 6.45) is -1.07. The molecule has 0 radical (unpaired) electrons. The van der Waals surface area contributed by atoms with E-state index in [2.05, 4.69) is 4.74 Å². The van der Waals surface area contributed by atoms with Crippen molar-refractivity contribution in [2.24, 2.45) is 10.8 Å². The summed E-state index contributed by atoms with van der Waals surface area (Å²) in [5.41, 5.74) is -1.47. The average molecular weight is 160 g/mol. The highest BCUT2D eigenvalue weighted by Crippen LogP contribution is 2.65. The van der Waals surface area contributed by atoms with Crippen LogP contribution in [0.25, 0.3) is 0 Å². The van der Waals surface area contributed by atoms with E-state index in [1.54, 1.807) is 20.8 Å². The van der Waals surface area contributed by atoms with Gasteiger partial charge in [0, 0.05) is 5.41 Å². The van der Waals surface area contributed by atoms with Crippen LogP contribution in [0.4, 0.5) is 4.39 Å². The third-order valence-electron chi connectivity index (χ3n) is 3.01. The van der Waals surface area contributed by atoms with Crippen molar-refractivity contribution in [2.75, 3.05) is 7.11 Å². The maximum absolute atomic E-state index is 13.1. The number of carbonyl (C=O) groups excluding carboxylic acids is 1. The summed E-state index contributed by atoms with van der Waals surface area (Å²) in [5.74, 6) is -0.449. The molecule has 1 aliphatic rings. The second-order valence-electron chi connectivity index (χ2n) is 3.78.